The van der Waals surface area contributed by atoms with E-state index in [0.29, 0.717) is 24.6 Å². The molecule has 1 aliphatic rings. The van der Waals surface area contributed by atoms with Crippen molar-refractivity contribution < 1.29 is 13.2 Å². The average molecular weight is 465 g/mol. The summed E-state index contributed by atoms with van der Waals surface area (Å²) in [5.74, 6) is 0.810. The number of nitrogens with one attached hydrogen (secondary N) is 1. The number of hydrogen-bond acceptors (Lipinski definition) is 6. The Morgan fingerprint density at radius 3 is 2.33 bits per heavy atom. The van der Waals surface area contributed by atoms with Crippen LogP contribution in [0.15, 0.2) is 59.5 Å². The lowest BCUT2D eigenvalue weighted by molar-refractivity contribution is 0.122. The van der Waals surface area contributed by atoms with E-state index in [2.05, 4.69) is 19.8 Å². The average Bonchev–Trinajstić information content (AvgIpc) is 2.76. The molecule has 4 rings (SSSR count). The maximum Gasteiger partial charge on any atom is 0.263 e. The third-order valence-electron chi connectivity index (χ3n) is 4.62. The van der Waals surface area contributed by atoms with Crippen molar-refractivity contribution in [2.75, 3.05) is 35.9 Å². The molecule has 3 aromatic rings. The fourth-order valence-corrected chi connectivity index (χ4v) is 4.87. The zero-order chi connectivity index (χ0) is 21.1. The van der Waals surface area contributed by atoms with Gasteiger partial charge in [-0.3, -0.25) is 4.72 Å². The standard InChI is InChI=1S/C20H18Cl2N4O3S/c21-16-2-1-3-18(20(16)22)30(27,28)25-15-6-4-14(5-7-15)17-8-9-19(24-23-17)26-10-12-29-13-11-26/h1-9,25H,10-13H2. The number of nitrogens with zero attached hydrogens (tertiary/aromatic N) is 3. The van der Waals surface area contributed by atoms with E-state index in [-0.39, 0.29) is 14.9 Å². The first-order valence-electron chi connectivity index (χ1n) is 9.18. The monoisotopic (exact) mass is 464 g/mol. The van der Waals surface area contributed by atoms with Gasteiger partial charge < -0.3 is 9.64 Å². The summed E-state index contributed by atoms with van der Waals surface area (Å²) in [5.41, 5.74) is 1.91. The Labute approximate surface area is 184 Å². The van der Waals surface area contributed by atoms with Gasteiger partial charge in [-0.15, -0.1) is 10.2 Å². The summed E-state index contributed by atoms with van der Waals surface area (Å²) in [4.78, 5) is 2.05. The topological polar surface area (TPSA) is 84.4 Å². The highest BCUT2D eigenvalue weighted by Gasteiger charge is 2.19. The van der Waals surface area contributed by atoms with Crippen molar-refractivity contribution >= 4 is 44.7 Å². The third-order valence-corrected chi connectivity index (χ3v) is 6.98. The van der Waals surface area contributed by atoms with Crippen LogP contribution in [0.4, 0.5) is 11.5 Å². The van der Waals surface area contributed by atoms with Gasteiger partial charge in [-0.05, 0) is 36.4 Å². The van der Waals surface area contributed by atoms with E-state index in [1.165, 1.54) is 18.2 Å². The fourth-order valence-electron chi connectivity index (χ4n) is 3.05. The molecule has 0 atom stereocenters. The highest BCUT2D eigenvalue weighted by Crippen LogP contribution is 2.30. The predicted molar refractivity (Wildman–Crippen MR) is 118 cm³/mol. The minimum atomic E-state index is -3.87. The van der Waals surface area contributed by atoms with Gasteiger partial charge in [0.1, 0.15) is 4.90 Å². The number of morpholine rings is 1. The van der Waals surface area contributed by atoms with E-state index in [9.17, 15) is 8.42 Å². The Morgan fingerprint density at radius 2 is 1.67 bits per heavy atom. The van der Waals surface area contributed by atoms with E-state index in [1.54, 1.807) is 24.3 Å². The van der Waals surface area contributed by atoms with Crippen LogP contribution in [-0.2, 0) is 14.8 Å². The fraction of sp³-hybridized carbons (Fsp3) is 0.200. The van der Waals surface area contributed by atoms with E-state index in [4.69, 9.17) is 27.9 Å². The lowest BCUT2D eigenvalue weighted by Crippen LogP contribution is -2.36. The predicted octanol–water partition coefficient (Wildman–Crippen LogP) is 4.09. The van der Waals surface area contributed by atoms with Crippen molar-refractivity contribution in [3.05, 3.63) is 64.6 Å². The second kappa shape index (κ2) is 8.77. The van der Waals surface area contributed by atoms with Crippen LogP contribution in [0.2, 0.25) is 10.0 Å². The van der Waals surface area contributed by atoms with Crippen LogP contribution >= 0.6 is 23.2 Å². The Kier molecular flexibility index (Phi) is 6.10. The first-order valence-corrected chi connectivity index (χ1v) is 11.4. The number of benzene rings is 2. The molecule has 0 radical (unpaired) electrons. The molecule has 0 unspecified atom stereocenters. The molecule has 156 valence electrons. The molecule has 0 bridgehead atoms. The maximum atomic E-state index is 12.6. The second-order valence-corrected chi connectivity index (χ2v) is 9.05. The smallest absolute Gasteiger partial charge is 0.263 e. The highest BCUT2D eigenvalue weighted by atomic mass is 35.5. The molecule has 30 heavy (non-hydrogen) atoms. The van der Waals surface area contributed by atoms with Crippen LogP contribution < -0.4 is 9.62 Å². The minimum Gasteiger partial charge on any atom is -0.378 e. The molecule has 1 saturated heterocycles. The molecule has 1 aliphatic heterocycles. The van der Waals surface area contributed by atoms with Crippen LogP contribution in [0.25, 0.3) is 11.3 Å². The summed E-state index contributed by atoms with van der Waals surface area (Å²) in [6.45, 7) is 2.95. The Balaban J connectivity index is 1.49. The van der Waals surface area contributed by atoms with Crippen molar-refractivity contribution in [3.63, 3.8) is 0 Å². The van der Waals surface area contributed by atoms with E-state index in [1.807, 2.05) is 12.1 Å². The molecule has 0 saturated carbocycles. The molecule has 2 heterocycles. The molecule has 7 nitrogen and oxygen atoms in total. The van der Waals surface area contributed by atoms with E-state index in [0.717, 1.165) is 24.5 Å². The molecular formula is C20H18Cl2N4O3S. The number of halogens is 2. The van der Waals surface area contributed by atoms with E-state index < -0.39 is 10.0 Å². The lowest BCUT2D eigenvalue weighted by Gasteiger charge is -2.27. The lowest BCUT2D eigenvalue weighted by atomic mass is 10.1. The molecule has 2 aromatic carbocycles. The molecule has 0 amide bonds. The van der Waals surface area contributed by atoms with Gasteiger partial charge in [0.15, 0.2) is 5.82 Å². The summed E-state index contributed by atoms with van der Waals surface area (Å²) in [6, 6.07) is 15.1. The van der Waals surface area contributed by atoms with Gasteiger partial charge in [0.25, 0.3) is 10.0 Å². The summed E-state index contributed by atoms with van der Waals surface area (Å²) in [7, 11) is -3.87. The summed E-state index contributed by atoms with van der Waals surface area (Å²) in [6.07, 6.45) is 0. The Hall–Kier alpha value is -2.39. The third kappa shape index (κ3) is 4.52. The zero-order valence-corrected chi connectivity index (χ0v) is 18.1. The molecule has 0 spiro atoms. The Bertz CT molecular complexity index is 1130. The van der Waals surface area contributed by atoms with Gasteiger partial charge in [0.05, 0.1) is 29.0 Å². The van der Waals surface area contributed by atoms with Crippen molar-refractivity contribution in [2.24, 2.45) is 0 Å². The summed E-state index contributed by atoms with van der Waals surface area (Å²) < 4.78 is 33.1. The number of anilines is 2. The molecule has 10 heteroatoms. The molecule has 1 N–H and O–H groups in total. The SMILES string of the molecule is O=S(=O)(Nc1ccc(-c2ccc(N3CCOCC3)nn2)cc1)c1cccc(Cl)c1Cl. The van der Waals surface area contributed by atoms with Crippen molar-refractivity contribution in [2.45, 2.75) is 4.90 Å². The summed E-state index contributed by atoms with van der Waals surface area (Å²) >= 11 is 12.0. The molecular weight excluding hydrogens is 447 g/mol. The van der Waals surface area contributed by atoms with Crippen LogP contribution in [0.1, 0.15) is 0 Å². The molecule has 1 aromatic heterocycles. The normalized spacial score (nSPS) is 14.5. The highest BCUT2D eigenvalue weighted by molar-refractivity contribution is 7.92. The van der Waals surface area contributed by atoms with Crippen LogP contribution in [0.3, 0.4) is 0 Å². The van der Waals surface area contributed by atoms with Gasteiger partial charge in [0.2, 0.25) is 0 Å². The first kappa shape index (κ1) is 20.9. The van der Waals surface area contributed by atoms with Crippen LogP contribution in [0.5, 0.6) is 0 Å². The van der Waals surface area contributed by atoms with Crippen molar-refractivity contribution in [3.8, 4) is 11.3 Å². The number of hydrogen-bond donors (Lipinski definition) is 1. The van der Waals surface area contributed by atoms with Gasteiger partial charge in [-0.1, -0.05) is 41.4 Å². The van der Waals surface area contributed by atoms with Crippen LogP contribution in [0, 0.1) is 0 Å². The second-order valence-electron chi connectivity index (χ2n) is 6.61. The van der Waals surface area contributed by atoms with Gasteiger partial charge >= 0.3 is 0 Å². The zero-order valence-electron chi connectivity index (χ0n) is 15.8. The number of rotatable bonds is 5. The Morgan fingerprint density at radius 1 is 0.933 bits per heavy atom. The largest absolute Gasteiger partial charge is 0.378 e. The maximum absolute atomic E-state index is 12.6. The molecule has 1 fully saturated rings. The molecule has 0 aliphatic carbocycles. The number of aromatic nitrogens is 2. The van der Waals surface area contributed by atoms with Crippen molar-refractivity contribution in [1.82, 2.24) is 10.2 Å². The number of sulfonamides is 1. The number of ether oxygens (including phenoxy) is 1. The minimum absolute atomic E-state index is 0.0149. The van der Waals surface area contributed by atoms with Crippen molar-refractivity contribution in [1.29, 1.82) is 0 Å². The van der Waals surface area contributed by atoms with Gasteiger partial charge in [-0.25, -0.2) is 8.42 Å². The van der Waals surface area contributed by atoms with Gasteiger partial charge in [0, 0.05) is 24.3 Å². The summed E-state index contributed by atoms with van der Waals surface area (Å²) in [5, 5.41) is 8.75. The quantitative estimate of drug-likeness (QED) is 0.611. The first-order chi connectivity index (χ1) is 14.4. The van der Waals surface area contributed by atoms with Crippen LogP contribution in [-0.4, -0.2) is 44.9 Å². The van der Waals surface area contributed by atoms with Gasteiger partial charge in [-0.2, -0.15) is 0 Å². The van der Waals surface area contributed by atoms with E-state index >= 15 is 0 Å².